The number of aryl methyl sites for hydroxylation is 1. The van der Waals surface area contributed by atoms with Crippen LogP contribution in [0, 0.1) is 0 Å². The molecular weight excluding hydrogens is 360 g/mol. The van der Waals surface area contributed by atoms with Gasteiger partial charge in [0.05, 0.1) is 0 Å². The molecule has 2 N–H and O–H groups in total. The molecule has 8 heteroatoms. The molecule has 2 aromatic rings. The van der Waals surface area contributed by atoms with Crippen molar-refractivity contribution in [3.05, 3.63) is 47.3 Å². The van der Waals surface area contributed by atoms with Gasteiger partial charge in [0, 0.05) is 30.0 Å². The average Bonchev–Trinajstić information content (AvgIpc) is 3.16. The lowest BCUT2D eigenvalue weighted by molar-refractivity contribution is -0.119. The topological polar surface area (TPSA) is 104 Å². The van der Waals surface area contributed by atoms with Crippen molar-refractivity contribution in [2.75, 3.05) is 25.0 Å². The molecule has 2 amide bonds. The Balaban J connectivity index is 1.91. The number of amides is 2. The van der Waals surface area contributed by atoms with Crippen molar-refractivity contribution in [3.8, 4) is 0 Å². The number of esters is 1. The second-order valence-electron chi connectivity index (χ2n) is 6.21. The third-order valence-corrected chi connectivity index (χ3v) is 4.14. The molecule has 0 atom stereocenters. The van der Waals surface area contributed by atoms with Crippen molar-refractivity contribution in [1.82, 2.24) is 15.1 Å². The maximum atomic E-state index is 12.4. The van der Waals surface area contributed by atoms with Crippen LogP contribution in [0.2, 0.25) is 0 Å². The van der Waals surface area contributed by atoms with Gasteiger partial charge in [0.2, 0.25) is 0 Å². The molecule has 0 saturated heterocycles. The number of H-pyrrole nitrogens is 1. The normalized spacial score (nSPS) is 10.4. The van der Waals surface area contributed by atoms with Gasteiger partial charge in [-0.25, -0.2) is 4.79 Å². The Bertz CT molecular complexity index is 827. The van der Waals surface area contributed by atoms with E-state index in [0.717, 1.165) is 18.5 Å². The largest absolute Gasteiger partial charge is 0.451 e. The second kappa shape index (κ2) is 10.2. The monoisotopic (exact) mass is 386 g/mol. The molecule has 8 nitrogen and oxygen atoms in total. The first-order valence-electron chi connectivity index (χ1n) is 9.39. The zero-order valence-electron chi connectivity index (χ0n) is 16.4. The molecule has 28 heavy (non-hydrogen) atoms. The van der Waals surface area contributed by atoms with E-state index in [-0.39, 0.29) is 11.6 Å². The number of hydrogen-bond donors (Lipinski definition) is 2. The molecule has 0 aliphatic carbocycles. The van der Waals surface area contributed by atoms with E-state index in [2.05, 4.69) is 15.5 Å². The first kappa shape index (κ1) is 21.1. The zero-order chi connectivity index (χ0) is 20.5. The molecule has 1 aromatic carbocycles. The fourth-order valence-electron chi connectivity index (χ4n) is 2.69. The molecular formula is C20H26N4O4. The van der Waals surface area contributed by atoms with E-state index >= 15 is 0 Å². The molecule has 150 valence electrons. The van der Waals surface area contributed by atoms with Crippen LogP contribution in [-0.2, 0) is 16.0 Å². The Morgan fingerprint density at radius 1 is 1.14 bits per heavy atom. The fourth-order valence-corrected chi connectivity index (χ4v) is 2.69. The lowest BCUT2D eigenvalue weighted by atomic mass is 10.1. The molecule has 0 bridgehead atoms. The SMILES string of the molecule is CCCc1cc(C(=O)OCC(=O)Nc2cccc(C(=O)N(CC)CC)c2)n[nH]1. The summed E-state index contributed by atoms with van der Waals surface area (Å²) in [5.41, 5.74) is 1.93. The number of anilines is 1. The Labute approximate surface area is 164 Å². The summed E-state index contributed by atoms with van der Waals surface area (Å²) in [6.45, 7) is 6.61. The summed E-state index contributed by atoms with van der Waals surface area (Å²) < 4.78 is 5.00. The van der Waals surface area contributed by atoms with Gasteiger partial charge in [-0.05, 0) is 44.5 Å². The van der Waals surface area contributed by atoms with Crippen molar-refractivity contribution in [2.45, 2.75) is 33.6 Å². The van der Waals surface area contributed by atoms with Crippen LogP contribution in [-0.4, -0.2) is 52.6 Å². The number of carbonyl (C=O) groups is 3. The van der Waals surface area contributed by atoms with Gasteiger partial charge in [-0.15, -0.1) is 0 Å². The maximum Gasteiger partial charge on any atom is 0.359 e. The third kappa shape index (κ3) is 5.67. The molecule has 1 aromatic heterocycles. The van der Waals surface area contributed by atoms with Gasteiger partial charge in [-0.2, -0.15) is 5.10 Å². The minimum absolute atomic E-state index is 0.103. The Hall–Kier alpha value is -3.16. The highest BCUT2D eigenvalue weighted by Crippen LogP contribution is 2.13. The number of benzene rings is 1. The van der Waals surface area contributed by atoms with Crippen LogP contribution in [0.4, 0.5) is 5.69 Å². The fraction of sp³-hybridized carbons (Fsp3) is 0.400. The predicted molar refractivity (Wildman–Crippen MR) is 105 cm³/mol. The van der Waals surface area contributed by atoms with Gasteiger partial charge in [0.15, 0.2) is 12.3 Å². The number of carbonyl (C=O) groups excluding carboxylic acids is 3. The van der Waals surface area contributed by atoms with Crippen LogP contribution in [0.5, 0.6) is 0 Å². The van der Waals surface area contributed by atoms with Gasteiger partial charge in [0.25, 0.3) is 11.8 Å². The van der Waals surface area contributed by atoms with Crippen LogP contribution in [0.25, 0.3) is 0 Å². The number of ether oxygens (including phenoxy) is 1. The third-order valence-electron chi connectivity index (χ3n) is 4.14. The molecule has 0 aliphatic rings. The van der Waals surface area contributed by atoms with Crippen LogP contribution >= 0.6 is 0 Å². The highest BCUT2D eigenvalue weighted by molar-refractivity contribution is 5.98. The first-order chi connectivity index (χ1) is 13.5. The van der Waals surface area contributed by atoms with Gasteiger partial charge in [0.1, 0.15) is 0 Å². The van der Waals surface area contributed by atoms with Gasteiger partial charge in [-0.1, -0.05) is 19.4 Å². The van der Waals surface area contributed by atoms with E-state index in [1.54, 1.807) is 35.2 Å². The van der Waals surface area contributed by atoms with E-state index in [1.165, 1.54) is 0 Å². The highest BCUT2D eigenvalue weighted by Gasteiger charge is 2.15. The molecule has 2 rings (SSSR count). The van der Waals surface area contributed by atoms with Gasteiger partial charge in [-0.3, -0.25) is 14.7 Å². The van der Waals surface area contributed by atoms with E-state index < -0.39 is 18.5 Å². The lowest BCUT2D eigenvalue weighted by Gasteiger charge is -2.19. The molecule has 0 spiro atoms. The number of aromatic nitrogens is 2. The first-order valence-corrected chi connectivity index (χ1v) is 9.39. The molecule has 0 radical (unpaired) electrons. The van der Waals surface area contributed by atoms with Crippen LogP contribution in [0.1, 0.15) is 53.7 Å². The Morgan fingerprint density at radius 2 is 1.89 bits per heavy atom. The Morgan fingerprint density at radius 3 is 2.57 bits per heavy atom. The standard InChI is InChI=1S/C20H26N4O4/c1-4-8-16-12-17(23-22-16)20(27)28-13-18(25)21-15-10-7-9-14(11-15)19(26)24(5-2)6-3/h7,9-12H,4-6,8,13H2,1-3H3,(H,21,25)(H,22,23). The van der Waals surface area contributed by atoms with E-state index in [0.29, 0.717) is 24.3 Å². The number of nitrogens with zero attached hydrogens (tertiary/aromatic N) is 2. The number of hydrogen-bond acceptors (Lipinski definition) is 5. The highest BCUT2D eigenvalue weighted by atomic mass is 16.5. The van der Waals surface area contributed by atoms with Crippen molar-refractivity contribution in [3.63, 3.8) is 0 Å². The van der Waals surface area contributed by atoms with E-state index in [4.69, 9.17) is 4.74 Å². The smallest absolute Gasteiger partial charge is 0.359 e. The molecule has 0 saturated carbocycles. The molecule has 0 aliphatic heterocycles. The number of rotatable bonds is 9. The summed E-state index contributed by atoms with van der Waals surface area (Å²) >= 11 is 0. The van der Waals surface area contributed by atoms with Gasteiger partial charge < -0.3 is 15.0 Å². The van der Waals surface area contributed by atoms with Crippen LogP contribution < -0.4 is 5.32 Å². The molecule has 0 unspecified atom stereocenters. The van der Waals surface area contributed by atoms with Crippen molar-refractivity contribution in [2.24, 2.45) is 0 Å². The van der Waals surface area contributed by atoms with Crippen molar-refractivity contribution >= 4 is 23.5 Å². The summed E-state index contributed by atoms with van der Waals surface area (Å²) in [5, 5.41) is 9.28. The van der Waals surface area contributed by atoms with Crippen LogP contribution in [0.15, 0.2) is 30.3 Å². The lowest BCUT2D eigenvalue weighted by Crippen LogP contribution is -2.30. The van der Waals surface area contributed by atoms with Crippen molar-refractivity contribution < 1.29 is 19.1 Å². The van der Waals surface area contributed by atoms with E-state index in [9.17, 15) is 14.4 Å². The second-order valence-corrected chi connectivity index (χ2v) is 6.21. The summed E-state index contributed by atoms with van der Waals surface area (Å²) in [6, 6.07) is 8.28. The summed E-state index contributed by atoms with van der Waals surface area (Å²) in [7, 11) is 0. The molecule has 1 heterocycles. The van der Waals surface area contributed by atoms with Crippen LogP contribution in [0.3, 0.4) is 0 Å². The number of aromatic amines is 1. The molecule has 0 fully saturated rings. The average molecular weight is 386 g/mol. The number of nitrogens with one attached hydrogen (secondary N) is 2. The predicted octanol–water partition coefficient (Wildman–Crippen LogP) is 2.64. The quantitative estimate of drug-likeness (QED) is 0.645. The maximum absolute atomic E-state index is 12.4. The van der Waals surface area contributed by atoms with Crippen molar-refractivity contribution in [1.29, 1.82) is 0 Å². The zero-order valence-corrected chi connectivity index (χ0v) is 16.4. The summed E-state index contributed by atoms with van der Waals surface area (Å²) in [5.74, 6) is -1.27. The summed E-state index contributed by atoms with van der Waals surface area (Å²) in [6.07, 6.45) is 1.71. The minimum atomic E-state index is -0.667. The summed E-state index contributed by atoms with van der Waals surface area (Å²) in [4.78, 5) is 38.1. The Kier molecular flexibility index (Phi) is 7.74. The van der Waals surface area contributed by atoms with E-state index in [1.807, 2.05) is 20.8 Å². The minimum Gasteiger partial charge on any atom is -0.451 e. The van der Waals surface area contributed by atoms with Gasteiger partial charge >= 0.3 is 5.97 Å².